The van der Waals surface area contributed by atoms with Crippen LogP contribution < -0.4 is 16.8 Å². The maximum atomic E-state index is 11.3. The Morgan fingerprint density at radius 3 is 3.06 bits per heavy atom. The number of hydrogen-bond donors (Lipinski definition) is 3. The van der Waals surface area contributed by atoms with Gasteiger partial charge in [0.1, 0.15) is 5.82 Å². The third-order valence-electron chi connectivity index (χ3n) is 2.68. The van der Waals surface area contributed by atoms with Gasteiger partial charge in [-0.2, -0.15) is 0 Å². The van der Waals surface area contributed by atoms with Crippen molar-refractivity contribution in [2.45, 2.75) is 18.9 Å². The number of nitrogen functional groups attached to an aromatic ring is 1. The number of amides is 1. The van der Waals surface area contributed by atoms with E-state index in [1.807, 2.05) is 0 Å². The molecule has 17 heavy (non-hydrogen) atoms. The number of ether oxygens (including phenoxy) is 1. The first-order valence-electron chi connectivity index (χ1n) is 5.56. The van der Waals surface area contributed by atoms with Crippen molar-refractivity contribution < 1.29 is 9.53 Å². The first-order valence-corrected chi connectivity index (χ1v) is 5.56. The molecule has 1 aromatic rings. The second-order valence-corrected chi connectivity index (χ2v) is 4.09. The van der Waals surface area contributed by atoms with Crippen molar-refractivity contribution in [3.05, 3.63) is 17.8 Å². The molecular weight excluding hydrogens is 220 g/mol. The number of nitrogens with two attached hydrogens (primary N) is 2. The molecule has 0 bridgehead atoms. The number of pyridine rings is 1. The molecule has 0 aliphatic carbocycles. The summed E-state index contributed by atoms with van der Waals surface area (Å²) in [5, 5.41) is 3.17. The summed E-state index contributed by atoms with van der Waals surface area (Å²) >= 11 is 0. The topological polar surface area (TPSA) is 103 Å². The van der Waals surface area contributed by atoms with Crippen LogP contribution in [0.25, 0.3) is 0 Å². The molecule has 0 saturated carbocycles. The number of hydrogen-bond acceptors (Lipinski definition) is 5. The second kappa shape index (κ2) is 5.01. The van der Waals surface area contributed by atoms with E-state index >= 15 is 0 Å². The van der Waals surface area contributed by atoms with Crippen LogP contribution in [-0.2, 0) is 4.74 Å². The number of aromatic nitrogens is 1. The predicted molar refractivity (Wildman–Crippen MR) is 64.6 cm³/mol. The highest BCUT2D eigenvalue weighted by atomic mass is 16.5. The number of primary amides is 1. The molecule has 0 aromatic carbocycles. The molecular formula is C11H16N4O2. The van der Waals surface area contributed by atoms with Gasteiger partial charge >= 0.3 is 0 Å². The van der Waals surface area contributed by atoms with E-state index in [9.17, 15) is 4.79 Å². The third-order valence-corrected chi connectivity index (χ3v) is 2.68. The Morgan fingerprint density at radius 1 is 1.59 bits per heavy atom. The summed E-state index contributed by atoms with van der Waals surface area (Å²) in [6.07, 6.45) is 3.49. The van der Waals surface area contributed by atoms with Crippen LogP contribution in [0, 0.1) is 0 Å². The van der Waals surface area contributed by atoms with Gasteiger partial charge in [-0.15, -0.1) is 0 Å². The van der Waals surface area contributed by atoms with Gasteiger partial charge in [0.05, 0.1) is 30.1 Å². The van der Waals surface area contributed by atoms with Crippen molar-refractivity contribution in [1.29, 1.82) is 0 Å². The average Bonchev–Trinajstić information content (AvgIpc) is 2.32. The molecule has 1 unspecified atom stereocenters. The highest BCUT2D eigenvalue weighted by molar-refractivity contribution is 5.98. The number of anilines is 2. The van der Waals surface area contributed by atoms with Gasteiger partial charge < -0.3 is 21.5 Å². The molecule has 1 atom stereocenters. The van der Waals surface area contributed by atoms with Crippen molar-refractivity contribution in [1.82, 2.24) is 4.98 Å². The summed E-state index contributed by atoms with van der Waals surface area (Å²) in [6.45, 7) is 1.40. The molecule has 6 nitrogen and oxygen atoms in total. The van der Waals surface area contributed by atoms with Gasteiger partial charge in [0.2, 0.25) is 0 Å². The molecule has 1 fully saturated rings. The molecule has 0 radical (unpaired) electrons. The lowest BCUT2D eigenvalue weighted by atomic mass is 10.1. The predicted octanol–water partition coefficient (Wildman–Crippen LogP) is 0.354. The molecule has 1 aromatic heterocycles. The number of nitrogens with one attached hydrogen (secondary N) is 1. The van der Waals surface area contributed by atoms with Gasteiger partial charge in [0.15, 0.2) is 0 Å². The first kappa shape index (κ1) is 11.7. The quantitative estimate of drug-likeness (QED) is 0.702. The number of rotatable bonds is 3. The Labute approximate surface area is 99.3 Å². The normalized spacial score (nSPS) is 19.9. The minimum absolute atomic E-state index is 0.165. The molecule has 6 heteroatoms. The van der Waals surface area contributed by atoms with Crippen LogP contribution in [0.2, 0.25) is 0 Å². The molecule has 1 saturated heterocycles. The summed E-state index contributed by atoms with van der Waals surface area (Å²) < 4.78 is 5.35. The van der Waals surface area contributed by atoms with E-state index in [-0.39, 0.29) is 6.04 Å². The van der Waals surface area contributed by atoms with Gasteiger partial charge in [-0.05, 0) is 18.9 Å². The number of nitrogens with zero attached hydrogens (tertiary/aromatic N) is 1. The van der Waals surface area contributed by atoms with Crippen molar-refractivity contribution in [3.8, 4) is 0 Å². The van der Waals surface area contributed by atoms with Crippen LogP contribution in [0.5, 0.6) is 0 Å². The molecule has 0 spiro atoms. The third kappa shape index (κ3) is 2.85. The SMILES string of the molecule is NC(=O)c1cc(N)cnc1NC1CCCOC1. The Bertz CT molecular complexity index is 416. The highest BCUT2D eigenvalue weighted by Gasteiger charge is 2.17. The van der Waals surface area contributed by atoms with Crippen molar-refractivity contribution in [2.24, 2.45) is 5.73 Å². The van der Waals surface area contributed by atoms with E-state index < -0.39 is 5.91 Å². The molecule has 5 N–H and O–H groups in total. The van der Waals surface area contributed by atoms with E-state index in [1.165, 1.54) is 12.3 Å². The lowest BCUT2D eigenvalue weighted by Gasteiger charge is -2.24. The summed E-state index contributed by atoms with van der Waals surface area (Å²) in [6, 6.07) is 1.69. The Morgan fingerprint density at radius 2 is 2.41 bits per heavy atom. The molecule has 2 rings (SSSR count). The standard InChI is InChI=1S/C11H16N4O2/c12-7-4-9(10(13)16)11(14-5-7)15-8-2-1-3-17-6-8/h4-5,8H,1-3,6,12H2,(H2,13,16)(H,14,15). The van der Waals surface area contributed by atoms with Gasteiger partial charge in [-0.3, -0.25) is 4.79 Å². The fourth-order valence-corrected chi connectivity index (χ4v) is 1.83. The summed E-state index contributed by atoms with van der Waals surface area (Å²) in [7, 11) is 0. The van der Waals surface area contributed by atoms with E-state index in [1.54, 1.807) is 0 Å². The minimum Gasteiger partial charge on any atom is -0.397 e. The monoisotopic (exact) mass is 236 g/mol. The van der Waals surface area contributed by atoms with Gasteiger partial charge in [0.25, 0.3) is 5.91 Å². The molecule has 2 heterocycles. The van der Waals surface area contributed by atoms with Crippen LogP contribution in [0.15, 0.2) is 12.3 Å². The zero-order valence-corrected chi connectivity index (χ0v) is 9.48. The fraction of sp³-hybridized carbons (Fsp3) is 0.455. The van der Waals surface area contributed by atoms with Crippen LogP contribution in [0.1, 0.15) is 23.2 Å². The summed E-state index contributed by atoms with van der Waals surface area (Å²) in [5.74, 6) is -0.0637. The Hall–Kier alpha value is -1.82. The maximum Gasteiger partial charge on any atom is 0.252 e. The van der Waals surface area contributed by atoms with E-state index in [2.05, 4.69) is 10.3 Å². The summed E-state index contributed by atoms with van der Waals surface area (Å²) in [5.41, 5.74) is 11.6. The molecule has 1 aliphatic rings. The zero-order chi connectivity index (χ0) is 12.3. The fourth-order valence-electron chi connectivity index (χ4n) is 1.83. The first-order chi connectivity index (χ1) is 8.16. The van der Waals surface area contributed by atoms with E-state index in [0.717, 1.165) is 19.4 Å². The Balaban J connectivity index is 2.16. The van der Waals surface area contributed by atoms with Crippen LogP contribution >= 0.6 is 0 Å². The average molecular weight is 236 g/mol. The number of carbonyl (C=O) groups excluding carboxylic acids is 1. The molecule has 1 aliphatic heterocycles. The lowest BCUT2D eigenvalue weighted by molar-refractivity contribution is 0.0873. The van der Waals surface area contributed by atoms with E-state index in [0.29, 0.717) is 23.7 Å². The molecule has 92 valence electrons. The molecule has 1 amide bonds. The van der Waals surface area contributed by atoms with Crippen molar-refractivity contribution in [2.75, 3.05) is 24.3 Å². The van der Waals surface area contributed by atoms with Gasteiger partial charge in [0, 0.05) is 6.61 Å². The van der Waals surface area contributed by atoms with Gasteiger partial charge in [-0.1, -0.05) is 0 Å². The lowest BCUT2D eigenvalue weighted by Crippen LogP contribution is -2.31. The number of carbonyl (C=O) groups is 1. The zero-order valence-electron chi connectivity index (χ0n) is 9.48. The highest BCUT2D eigenvalue weighted by Crippen LogP contribution is 2.18. The van der Waals surface area contributed by atoms with Crippen molar-refractivity contribution in [3.63, 3.8) is 0 Å². The van der Waals surface area contributed by atoms with Crippen LogP contribution in [-0.4, -0.2) is 30.1 Å². The smallest absolute Gasteiger partial charge is 0.252 e. The van der Waals surface area contributed by atoms with Gasteiger partial charge in [-0.25, -0.2) is 4.98 Å². The summed E-state index contributed by atoms with van der Waals surface area (Å²) in [4.78, 5) is 15.4. The minimum atomic E-state index is -0.538. The second-order valence-electron chi connectivity index (χ2n) is 4.09. The van der Waals surface area contributed by atoms with Crippen LogP contribution in [0.3, 0.4) is 0 Å². The largest absolute Gasteiger partial charge is 0.397 e. The maximum absolute atomic E-state index is 11.3. The Kier molecular flexibility index (Phi) is 3.43. The van der Waals surface area contributed by atoms with Crippen molar-refractivity contribution >= 4 is 17.4 Å². The van der Waals surface area contributed by atoms with E-state index in [4.69, 9.17) is 16.2 Å². The van der Waals surface area contributed by atoms with Crippen LogP contribution in [0.4, 0.5) is 11.5 Å².